The summed E-state index contributed by atoms with van der Waals surface area (Å²) in [4.78, 5) is 37.6. The van der Waals surface area contributed by atoms with Gasteiger partial charge in [0.05, 0.1) is 6.04 Å². The van der Waals surface area contributed by atoms with Crippen molar-refractivity contribution in [3.63, 3.8) is 0 Å². The second kappa shape index (κ2) is 14.5. The first-order valence-electron chi connectivity index (χ1n) is 11.4. The quantitative estimate of drug-likeness (QED) is 0.125. The molecular formula is C24H24Cl3N3O6S3. The van der Waals surface area contributed by atoms with Crippen molar-refractivity contribution in [3.05, 3.63) is 51.2 Å². The van der Waals surface area contributed by atoms with Crippen LogP contribution in [0.2, 0.25) is 0 Å². The van der Waals surface area contributed by atoms with Crippen LogP contribution in [0.1, 0.15) is 36.0 Å². The van der Waals surface area contributed by atoms with E-state index >= 15 is 0 Å². The van der Waals surface area contributed by atoms with Gasteiger partial charge in [-0.2, -0.15) is 11.3 Å². The summed E-state index contributed by atoms with van der Waals surface area (Å²) in [6.07, 6.45) is -0.222. The lowest BCUT2D eigenvalue weighted by molar-refractivity contribution is -0.134. The van der Waals surface area contributed by atoms with E-state index in [9.17, 15) is 14.4 Å². The molecule has 1 unspecified atom stereocenters. The van der Waals surface area contributed by atoms with Crippen molar-refractivity contribution < 1.29 is 28.6 Å². The van der Waals surface area contributed by atoms with Crippen molar-refractivity contribution in [1.29, 1.82) is 0 Å². The molecule has 2 aromatic heterocycles. The van der Waals surface area contributed by atoms with Crippen LogP contribution in [0.3, 0.4) is 0 Å². The van der Waals surface area contributed by atoms with Crippen molar-refractivity contribution in [3.8, 4) is 11.5 Å². The molecule has 39 heavy (non-hydrogen) atoms. The number of ether oxygens (including phenoxy) is 3. The van der Waals surface area contributed by atoms with Crippen LogP contribution in [0.5, 0.6) is 11.5 Å². The van der Waals surface area contributed by atoms with Crippen molar-refractivity contribution in [2.24, 2.45) is 0 Å². The molecule has 9 nitrogen and oxygen atoms in total. The van der Waals surface area contributed by atoms with E-state index in [-0.39, 0.29) is 11.5 Å². The summed E-state index contributed by atoms with van der Waals surface area (Å²) in [5, 5.41) is 13.0. The molecule has 3 aromatic rings. The molecule has 15 heteroatoms. The van der Waals surface area contributed by atoms with E-state index in [0.717, 1.165) is 14.9 Å². The van der Waals surface area contributed by atoms with E-state index in [1.165, 1.54) is 41.8 Å². The molecule has 1 aliphatic rings. The van der Waals surface area contributed by atoms with Crippen LogP contribution in [0, 0.1) is 6.92 Å². The van der Waals surface area contributed by atoms with Gasteiger partial charge in [0.2, 0.25) is 3.79 Å². The van der Waals surface area contributed by atoms with Gasteiger partial charge in [-0.25, -0.2) is 4.79 Å². The lowest BCUT2D eigenvalue weighted by Gasteiger charge is -2.37. The second-order valence-electron chi connectivity index (χ2n) is 8.01. The number of benzene rings is 1. The van der Waals surface area contributed by atoms with Crippen LogP contribution in [0.25, 0.3) is 0 Å². The SMILES string of the molecule is CC(=O)Oc1cc2c(cc1OC(C)=O)C(CSc1nnc(C)s1)N(C(=O)OCC(Cl)(Cl)Cl)CC2.c1ccsc1. The minimum absolute atomic E-state index is 0.0692. The predicted molar refractivity (Wildman–Crippen MR) is 154 cm³/mol. The summed E-state index contributed by atoms with van der Waals surface area (Å²) >= 11 is 21.8. The Hall–Kier alpha value is -2.09. The van der Waals surface area contributed by atoms with Gasteiger partial charge in [-0.1, -0.05) is 70.0 Å². The number of carbonyl (C=O) groups is 3. The molecule has 1 amide bonds. The number of aromatic nitrogens is 2. The molecule has 3 heterocycles. The monoisotopic (exact) mass is 651 g/mol. The fraction of sp³-hybridized carbons (Fsp3) is 0.375. The number of thiophene rings is 1. The smallest absolute Gasteiger partial charge is 0.410 e. The van der Waals surface area contributed by atoms with Gasteiger partial charge in [-0.05, 0) is 47.4 Å². The number of amides is 1. The van der Waals surface area contributed by atoms with Gasteiger partial charge in [-0.3, -0.25) is 14.5 Å². The fourth-order valence-corrected chi connectivity index (χ4v) is 6.11. The number of hydrogen-bond donors (Lipinski definition) is 0. The van der Waals surface area contributed by atoms with Gasteiger partial charge in [0.1, 0.15) is 11.6 Å². The summed E-state index contributed by atoms with van der Waals surface area (Å²) in [5.74, 6) is -0.547. The van der Waals surface area contributed by atoms with Gasteiger partial charge < -0.3 is 14.2 Å². The summed E-state index contributed by atoms with van der Waals surface area (Å²) < 4.78 is 14.7. The molecule has 0 saturated heterocycles. The Morgan fingerprint density at radius 1 is 1.08 bits per heavy atom. The van der Waals surface area contributed by atoms with Crippen LogP contribution >= 0.6 is 69.2 Å². The summed E-state index contributed by atoms with van der Waals surface area (Å²) in [7, 11) is 0. The molecule has 0 aliphatic carbocycles. The number of halogens is 3. The summed E-state index contributed by atoms with van der Waals surface area (Å²) in [6, 6.07) is 6.78. The number of hydrogen-bond acceptors (Lipinski definition) is 11. The van der Waals surface area contributed by atoms with E-state index in [0.29, 0.717) is 24.3 Å². The zero-order valence-electron chi connectivity index (χ0n) is 21.0. The van der Waals surface area contributed by atoms with E-state index in [1.807, 2.05) is 29.8 Å². The van der Waals surface area contributed by atoms with Gasteiger partial charge in [-0.15, -0.1) is 10.2 Å². The molecule has 0 saturated carbocycles. The second-order valence-corrected chi connectivity index (χ2v) is 13.8. The zero-order chi connectivity index (χ0) is 28.6. The van der Waals surface area contributed by atoms with E-state index in [4.69, 9.17) is 49.0 Å². The maximum atomic E-state index is 12.9. The van der Waals surface area contributed by atoms with Crippen LogP contribution in [0.15, 0.2) is 39.4 Å². The molecule has 0 fully saturated rings. The number of nitrogens with zero attached hydrogens (tertiary/aromatic N) is 3. The minimum atomic E-state index is -1.75. The number of carbonyl (C=O) groups excluding carboxylic acids is 3. The molecule has 0 bridgehead atoms. The third-order valence-corrected chi connectivity index (χ3v) is 7.97. The molecule has 0 N–H and O–H groups in total. The highest BCUT2D eigenvalue weighted by molar-refractivity contribution is 8.01. The van der Waals surface area contributed by atoms with Crippen molar-refractivity contribution in [1.82, 2.24) is 15.1 Å². The van der Waals surface area contributed by atoms with Crippen molar-refractivity contribution >= 4 is 87.3 Å². The Balaban J connectivity index is 0.000000753. The normalized spacial score (nSPS) is 14.5. The highest BCUT2D eigenvalue weighted by Crippen LogP contribution is 2.41. The largest absolute Gasteiger partial charge is 0.445 e. The average molecular weight is 653 g/mol. The number of aryl methyl sites for hydroxylation is 1. The third kappa shape index (κ3) is 10.1. The van der Waals surface area contributed by atoms with Gasteiger partial charge >= 0.3 is 18.0 Å². The number of fused-ring (bicyclic) bond motifs is 1. The summed E-state index contributed by atoms with van der Waals surface area (Å²) in [5.41, 5.74) is 1.54. The molecule has 210 valence electrons. The Bertz CT molecular complexity index is 1270. The first-order chi connectivity index (χ1) is 18.4. The lowest BCUT2D eigenvalue weighted by atomic mass is 9.93. The van der Waals surface area contributed by atoms with E-state index < -0.39 is 34.5 Å². The molecule has 1 atom stereocenters. The molecule has 1 aliphatic heterocycles. The maximum Gasteiger partial charge on any atom is 0.410 e. The van der Waals surface area contributed by atoms with Crippen LogP contribution in [0.4, 0.5) is 4.79 Å². The Morgan fingerprint density at radius 3 is 2.23 bits per heavy atom. The first kappa shape index (κ1) is 31.4. The van der Waals surface area contributed by atoms with Gasteiger partial charge in [0, 0.05) is 26.1 Å². The van der Waals surface area contributed by atoms with Crippen LogP contribution in [-0.2, 0) is 20.7 Å². The molecule has 1 aromatic carbocycles. The van der Waals surface area contributed by atoms with Crippen LogP contribution < -0.4 is 9.47 Å². The standard InChI is InChI=1S/C20H20Cl3N3O6S2.C4H4S/c1-10-24-25-18(34-10)33-8-15-14-7-17(32-12(3)28)16(31-11(2)27)6-13(14)4-5-26(15)19(29)30-9-20(21,22)23;1-2-4-5-3-1/h6-7,15H,4-5,8-9H2,1-3H3;1-4H. The highest BCUT2D eigenvalue weighted by Gasteiger charge is 2.35. The first-order valence-corrected chi connectivity index (χ1v) is 15.2. The minimum Gasteiger partial charge on any atom is -0.445 e. The highest BCUT2D eigenvalue weighted by atomic mass is 35.6. The van der Waals surface area contributed by atoms with Crippen LogP contribution in [-0.4, -0.2) is 55.8 Å². The van der Waals surface area contributed by atoms with Crippen molar-refractivity contribution in [2.75, 3.05) is 18.9 Å². The zero-order valence-corrected chi connectivity index (χ0v) is 25.7. The number of esters is 2. The number of thioether (sulfide) groups is 1. The molecule has 0 spiro atoms. The van der Waals surface area contributed by atoms with Gasteiger partial charge in [0.15, 0.2) is 15.8 Å². The topological polar surface area (TPSA) is 108 Å². The Kier molecular flexibility index (Phi) is 11.7. The molecule has 4 rings (SSSR count). The number of alkyl halides is 3. The lowest BCUT2D eigenvalue weighted by Crippen LogP contribution is -2.42. The molecule has 0 radical (unpaired) electrons. The third-order valence-electron chi connectivity index (χ3n) is 4.96. The Labute approximate surface area is 252 Å². The summed E-state index contributed by atoms with van der Waals surface area (Å²) in [6.45, 7) is 4.23. The predicted octanol–water partition coefficient (Wildman–Crippen LogP) is 6.64. The van der Waals surface area contributed by atoms with Gasteiger partial charge in [0.25, 0.3) is 0 Å². The van der Waals surface area contributed by atoms with E-state index in [2.05, 4.69) is 10.2 Å². The fourth-order valence-electron chi connectivity index (χ4n) is 3.52. The van der Waals surface area contributed by atoms with E-state index in [1.54, 1.807) is 23.5 Å². The van der Waals surface area contributed by atoms with Crippen molar-refractivity contribution in [2.45, 2.75) is 41.4 Å². The average Bonchev–Trinajstić information content (AvgIpc) is 3.55. The maximum absolute atomic E-state index is 12.9. The number of rotatable bonds is 6. The molecular weight excluding hydrogens is 629 g/mol. The Morgan fingerprint density at radius 2 is 1.72 bits per heavy atom.